The molecule has 0 aliphatic heterocycles. The molecule has 0 radical (unpaired) electrons. The lowest BCUT2D eigenvalue weighted by Crippen LogP contribution is -2.11. The van der Waals surface area contributed by atoms with E-state index in [0.29, 0.717) is 0 Å². The van der Waals surface area contributed by atoms with Crippen LogP contribution in [0.15, 0.2) is 206 Å². The van der Waals surface area contributed by atoms with E-state index < -0.39 is 0 Å². The highest BCUT2D eigenvalue weighted by Crippen LogP contribution is 2.43. The molecule has 0 heterocycles. The minimum atomic E-state index is 1.13. The smallest absolute Gasteiger partial charge is 0.0569 e. The molecule has 0 unspecified atom stereocenters. The van der Waals surface area contributed by atoms with E-state index >= 15 is 0 Å². The zero-order chi connectivity index (χ0) is 36.4. The van der Waals surface area contributed by atoms with Gasteiger partial charge in [-0.2, -0.15) is 0 Å². The quantitative estimate of drug-likeness (QED) is 0.156. The van der Waals surface area contributed by atoms with Crippen molar-refractivity contribution in [2.24, 2.45) is 0 Å². The Morgan fingerprint density at radius 1 is 0.259 bits per heavy atom. The number of fused-ring (bicyclic) bond motifs is 2. The third-order valence-electron chi connectivity index (χ3n) is 10.5. The maximum atomic E-state index is 2.38. The molecule has 9 aromatic rings. The second-order valence-electron chi connectivity index (χ2n) is 13.9. The van der Waals surface area contributed by atoms with Crippen LogP contribution in [0.1, 0.15) is 11.1 Å². The lowest BCUT2D eigenvalue weighted by molar-refractivity contribution is 1.27. The molecule has 0 N–H and O–H groups in total. The maximum absolute atomic E-state index is 2.38. The minimum Gasteiger partial charge on any atom is -0.310 e. The summed E-state index contributed by atoms with van der Waals surface area (Å²) in [5, 5.41) is 4.95. The molecule has 0 atom stereocenters. The van der Waals surface area contributed by atoms with Gasteiger partial charge in [0.05, 0.1) is 11.4 Å². The first-order valence-electron chi connectivity index (χ1n) is 18.6. The van der Waals surface area contributed by atoms with Gasteiger partial charge in [0.1, 0.15) is 0 Å². The summed E-state index contributed by atoms with van der Waals surface area (Å²) in [6, 6.07) is 74.4. The van der Waals surface area contributed by atoms with Crippen molar-refractivity contribution in [3.63, 3.8) is 0 Å². The summed E-state index contributed by atoms with van der Waals surface area (Å²) in [5.41, 5.74) is 14.2. The van der Waals surface area contributed by atoms with Gasteiger partial charge in [0, 0.05) is 33.5 Å². The fraction of sp³-hybridized carbons (Fsp3) is 0.0385. The Morgan fingerprint density at radius 2 is 0.556 bits per heavy atom. The molecule has 258 valence electrons. The van der Waals surface area contributed by atoms with E-state index in [1.54, 1.807) is 0 Å². The topological polar surface area (TPSA) is 6.48 Å². The SMILES string of the molecule is Cc1ccc2ccccc2c1N(c1ccccc1)c1ccc(-c2ccc(-c3ccc(N(c4ccccc4)c4c(C)ccc5ccccc45)cc3)cc2)cc1. The first-order chi connectivity index (χ1) is 26.6. The zero-order valence-corrected chi connectivity index (χ0v) is 30.5. The van der Waals surface area contributed by atoms with Crippen molar-refractivity contribution in [3.8, 4) is 22.3 Å². The molecule has 0 amide bonds. The van der Waals surface area contributed by atoms with E-state index in [9.17, 15) is 0 Å². The molecule has 0 fully saturated rings. The average Bonchev–Trinajstić information content (AvgIpc) is 3.24. The van der Waals surface area contributed by atoms with Gasteiger partial charge in [-0.25, -0.2) is 0 Å². The maximum Gasteiger partial charge on any atom is 0.0569 e. The lowest BCUT2D eigenvalue weighted by atomic mass is 9.98. The molecule has 9 aromatic carbocycles. The highest BCUT2D eigenvalue weighted by molar-refractivity contribution is 6.02. The van der Waals surface area contributed by atoms with Crippen LogP contribution in [0.4, 0.5) is 34.1 Å². The first kappa shape index (κ1) is 33.0. The van der Waals surface area contributed by atoms with Crippen LogP contribution in [-0.2, 0) is 0 Å². The predicted molar refractivity (Wildman–Crippen MR) is 231 cm³/mol. The Kier molecular flexibility index (Phi) is 8.70. The van der Waals surface area contributed by atoms with Crippen molar-refractivity contribution < 1.29 is 0 Å². The van der Waals surface area contributed by atoms with Crippen LogP contribution in [0.5, 0.6) is 0 Å². The second kappa shape index (κ2) is 14.3. The second-order valence-corrected chi connectivity index (χ2v) is 13.9. The molecule has 0 aromatic heterocycles. The molecule has 0 saturated heterocycles. The average molecular weight is 693 g/mol. The summed E-state index contributed by atoms with van der Waals surface area (Å²) in [5.74, 6) is 0. The molecular weight excluding hydrogens is 653 g/mol. The lowest BCUT2D eigenvalue weighted by Gasteiger charge is -2.28. The van der Waals surface area contributed by atoms with Crippen molar-refractivity contribution in [2.75, 3.05) is 9.80 Å². The predicted octanol–water partition coefficient (Wildman–Crippen LogP) is 14.9. The number of aryl methyl sites for hydroxylation is 2. The van der Waals surface area contributed by atoms with Crippen molar-refractivity contribution in [2.45, 2.75) is 13.8 Å². The number of hydrogen-bond donors (Lipinski definition) is 0. The number of para-hydroxylation sites is 2. The Labute approximate surface area is 317 Å². The van der Waals surface area contributed by atoms with Crippen LogP contribution in [0.25, 0.3) is 43.8 Å². The molecule has 0 spiro atoms. The van der Waals surface area contributed by atoms with Crippen LogP contribution in [0.3, 0.4) is 0 Å². The summed E-state index contributed by atoms with van der Waals surface area (Å²) in [4.78, 5) is 4.77. The van der Waals surface area contributed by atoms with Crippen molar-refractivity contribution >= 4 is 55.7 Å². The number of hydrogen-bond acceptors (Lipinski definition) is 2. The van der Waals surface area contributed by atoms with Gasteiger partial charge >= 0.3 is 0 Å². The van der Waals surface area contributed by atoms with Gasteiger partial charge in [0.2, 0.25) is 0 Å². The summed E-state index contributed by atoms with van der Waals surface area (Å²) in [6.45, 7) is 4.40. The van der Waals surface area contributed by atoms with E-state index in [0.717, 1.165) is 22.7 Å². The van der Waals surface area contributed by atoms with Crippen LogP contribution in [-0.4, -0.2) is 0 Å². The van der Waals surface area contributed by atoms with Gasteiger partial charge in [0.25, 0.3) is 0 Å². The van der Waals surface area contributed by atoms with Gasteiger partial charge in [-0.05, 0) is 107 Å². The van der Waals surface area contributed by atoms with Crippen molar-refractivity contribution in [1.82, 2.24) is 0 Å². The monoisotopic (exact) mass is 692 g/mol. The first-order valence-corrected chi connectivity index (χ1v) is 18.6. The van der Waals surface area contributed by atoms with Crippen LogP contribution in [0, 0.1) is 13.8 Å². The zero-order valence-electron chi connectivity index (χ0n) is 30.5. The largest absolute Gasteiger partial charge is 0.310 e. The third-order valence-corrected chi connectivity index (χ3v) is 10.5. The third kappa shape index (κ3) is 6.18. The highest BCUT2D eigenvalue weighted by Gasteiger charge is 2.19. The van der Waals surface area contributed by atoms with Crippen LogP contribution in [0.2, 0.25) is 0 Å². The van der Waals surface area contributed by atoms with E-state index in [-0.39, 0.29) is 0 Å². The molecule has 9 rings (SSSR count). The molecular formula is C52H40N2. The van der Waals surface area contributed by atoms with E-state index in [1.807, 2.05) is 0 Å². The molecule has 2 nitrogen and oxygen atoms in total. The number of benzene rings is 9. The molecule has 0 aliphatic carbocycles. The normalized spacial score (nSPS) is 11.1. The highest BCUT2D eigenvalue weighted by atomic mass is 15.2. The minimum absolute atomic E-state index is 1.13. The molecule has 2 heteroatoms. The molecule has 54 heavy (non-hydrogen) atoms. The standard InChI is InChI=1S/C52H40N2/c1-37-21-23-43-13-9-11-19-49(43)51(37)53(45-15-5-3-6-16-45)47-33-29-41(30-34-47)39-25-27-40(28-26-39)42-31-35-48(36-32-42)54(46-17-7-4-8-18-46)52-38(2)22-24-44-14-10-12-20-50(44)52/h3-36H,1-2H3. The summed E-state index contributed by atoms with van der Waals surface area (Å²) in [7, 11) is 0. The Morgan fingerprint density at radius 3 is 0.926 bits per heavy atom. The van der Waals surface area contributed by atoms with Gasteiger partial charge < -0.3 is 9.80 Å². The number of nitrogens with zero attached hydrogens (tertiary/aromatic N) is 2. The van der Waals surface area contributed by atoms with Gasteiger partial charge in [-0.15, -0.1) is 0 Å². The van der Waals surface area contributed by atoms with E-state index in [4.69, 9.17) is 0 Å². The van der Waals surface area contributed by atoms with Gasteiger partial charge in [-0.3, -0.25) is 0 Å². The van der Waals surface area contributed by atoms with Crippen LogP contribution >= 0.6 is 0 Å². The number of rotatable bonds is 8. The summed E-state index contributed by atoms with van der Waals surface area (Å²) < 4.78 is 0. The molecule has 0 bridgehead atoms. The van der Waals surface area contributed by atoms with Crippen molar-refractivity contribution in [1.29, 1.82) is 0 Å². The van der Waals surface area contributed by atoms with Gasteiger partial charge in [-0.1, -0.05) is 158 Å². The van der Waals surface area contributed by atoms with Crippen LogP contribution < -0.4 is 9.80 Å². The fourth-order valence-corrected chi connectivity index (χ4v) is 7.75. The summed E-state index contributed by atoms with van der Waals surface area (Å²) >= 11 is 0. The Hall–Kier alpha value is -6.90. The summed E-state index contributed by atoms with van der Waals surface area (Å²) in [6.07, 6.45) is 0. The van der Waals surface area contributed by atoms with E-state index in [2.05, 4.69) is 230 Å². The Balaban J connectivity index is 1.02. The molecule has 0 aliphatic rings. The van der Waals surface area contributed by atoms with Gasteiger partial charge in [0.15, 0.2) is 0 Å². The van der Waals surface area contributed by atoms with E-state index in [1.165, 1.54) is 66.3 Å². The fourth-order valence-electron chi connectivity index (χ4n) is 7.75. The molecule has 0 saturated carbocycles. The number of anilines is 6. The Bertz CT molecular complexity index is 2510. The van der Waals surface area contributed by atoms with Crippen molar-refractivity contribution in [3.05, 3.63) is 217 Å².